The van der Waals surface area contributed by atoms with E-state index in [9.17, 15) is 8.42 Å². The van der Waals surface area contributed by atoms with E-state index in [1.54, 1.807) is 0 Å². The van der Waals surface area contributed by atoms with Gasteiger partial charge in [-0.2, -0.15) is 0 Å². The maximum Gasteiger partial charge on any atom is 0.150 e. The summed E-state index contributed by atoms with van der Waals surface area (Å²) >= 11 is 0. The van der Waals surface area contributed by atoms with Gasteiger partial charge >= 0.3 is 0 Å². The third-order valence-corrected chi connectivity index (χ3v) is 4.43. The molecule has 1 aliphatic rings. The van der Waals surface area contributed by atoms with Crippen molar-refractivity contribution >= 4 is 9.84 Å². The minimum Gasteiger partial charge on any atom is -0.396 e. The van der Waals surface area contributed by atoms with E-state index < -0.39 is 9.84 Å². The lowest BCUT2D eigenvalue weighted by Gasteiger charge is -2.22. The first-order valence-electron chi connectivity index (χ1n) is 5.01. The van der Waals surface area contributed by atoms with Crippen LogP contribution in [0.1, 0.15) is 25.7 Å². The Labute approximate surface area is 85.7 Å². The van der Waals surface area contributed by atoms with Crippen LogP contribution in [0.2, 0.25) is 0 Å². The minimum absolute atomic E-state index is 0.143. The molecule has 4 heteroatoms. The van der Waals surface area contributed by atoms with Crippen LogP contribution in [-0.4, -0.2) is 31.6 Å². The molecule has 0 aromatic rings. The van der Waals surface area contributed by atoms with Crippen molar-refractivity contribution in [2.45, 2.75) is 25.7 Å². The SMILES string of the molecule is C=C(CCO)CC1CCS(=O)(=O)CC1. The zero-order chi connectivity index (χ0) is 10.6. The Hall–Kier alpha value is -0.350. The number of hydrogen-bond donors (Lipinski definition) is 1. The van der Waals surface area contributed by atoms with E-state index in [-0.39, 0.29) is 6.61 Å². The smallest absolute Gasteiger partial charge is 0.150 e. The standard InChI is InChI=1S/C10H18O3S/c1-9(2-5-11)8-10-3-6-14(12,13)7-4-10/h10-11H,1-8H2. The summed E-state index contributed by atoms with van der Waals surface area (Å²) in [5, 5.41) is 8.69. The lowest BCUT2D eigenvalue weighted by molar-refractivity contribution is 0.295. The van der Waals surface area contributed by atoms with E-state index in [1.165, 1.54) is 0 Å². The topological polar surface area (TPSA) is 54.4 Å². The van der Waals surface area contributed by atoms with Crippen LogP contribution in [0.5, 0.6) is 0 Å². The van der Waals surface area contributed by atoms with E-state index in [0.29, 0.717) is 23.8 Å². The Kier molecular flexibility index (Phi) is 4.13. The van der Waals surface area contributed by atoms with Crippen LogP contribution in [0, 0.1) is 5.92 Å². The molecular formula is C10H18O3S. The fraction of sp³-hybridized carbons (Fsp3) is 0.800. The van der Waals surface area contributed by atoms with Gasteiger partial charge in [0.05, 0.1) is 11.5 Å². The molecule has 0 aromatic heterocycles. The van der Waals surface area contributed by atoms with Gasteiger partial charge in [-0.3, -0.25) is 0 Å². The van der Waals surface area contributed by atoms with E-state index in [2.05, 4.69) is 6.58 Å². The summed E-state index contributed by atoms with van der Waals surface area (Å²) in [6.45, 7) is 4.01. The van der Waals surface area contributed by atoms with Crippen molar-refractivity contribution in [1.82, 2.24) is 0 Å². The van der Waals surface area contributed by atoms with Crippen molar-refractivity contribution in [3.8, 4) is 0 Å². The average Bonchev–Trinajstić information content (AvgIpc) is 2.09. The van der Waals surface area contributed by atoms with E-state index >= 15 is 0 Å². The Morgan fingerprint density at radius 1 is 1.36 bits per heavy atom. The molecule has 0 radical (unpaired) electrons. The van der Waals surface area contributed by atoms with Crippen molar-refractivity contribution in [1.29, 1.82) is 0 Å². The summed E-state index contributed by atoms with van der Waals surface area (Å²) in [7, 11) is -2.74. The van der Waals surface area contributed by atoms with Gasteiger partial charge in [0.1, 0.15) is 9.84 Å². The van der Waals surface area contributed by atoms with E-state index in [1.807, 2.05) is 0 Å². The number of sulfone groups is 1. The third-order valence-electron chi connectivity index (χ3n) is 2.72. The number of aliphatic hydroxyl groups excluding tert-OH is 1. The van der Waals surface area contributed by atoms with Crippen LogP contribution in [0.4, 0.5) is 0 Å². The highest BCUT2D eigenvalue weighted by atomic mass is 32.2. The summed E-state index contributed by atoms with van der Waals surface area (Å²) in [6.07, 6.45) is 3.03. The fourth-order valence-corrected chi connectivity index (χ4v) is 3.40. The van der Waals surface area contributed by atoms with Gasteiger partial charge in [0.15, 0.2) is 0 Å². The summed E-state index contributed by atoms with van der Waals surface area (Å²) in [5.41, 5.74) is 1.04. The molecule has 1 fully saturated rings. The molecule has 0 bridgehead atoms. The molecule has 0 atom stereocenters. The molecule has 1 N–H and O–H groups in total. The first kappa shape index (κ1) is 11.7. The molecule has 0 amide bonds. The third kappa shape index (κ3) is 3.80. The van der Waals surface area contributed by atoms with Crippen LogP contribution in [0.15, 0.2) is 12.2 Å². The second-order valence-electron chi connectivity index (χ2n) is 4.02. The van der Waals surface area contributed by atoms with Crippen molar-refractivity contribution in [3.63, 3.8) is 0 Å². The highest BCUT2D eigenvalue weighted by molar-refractivity contribution is 7.91. The fourth-order valence-electron chi connectivity index (χ4n) is 1.81. The number of hydrogen-bond acceptors (Lipinski definition) is 3. The second-order valence-corrected chi connectivity index (χ2v) is 6.33. The molecule has 0 saturated carbocycles. The Balaban J connectivity index is 2.32. The molecule has 0 spiro atoms. The molecule has 1 heterocycles. The average molecular weight is 218 g/mol. The molecule has 14 heavy (non-hydrogen) atoms. The van der Waals surface area contributed by atoms with E-state index in [4.69, 9.17) is 5.11 Å². The van der Waals surface area contributed by atoms with Gasteiger partial charge in [0.2, 0.25) is 0 Å². The first-order chi connectivity index (χ1) is 6.53. The van der Waals surface area contributed by atoms with Crippen molar-refractivity contribution in [3.05, 3.63) is 12.2 Å². The second kappa shape index (κ2) is 4.94. The predicted molar refractivity (Wildman–Crippen MR) is 56.8 cm³/mol. The maximum absolute atomic E-state index is 11.1. The molecule has 82 valence electrons. The Morgan fingerprint density at radius 2 is 1.93 bits per heavy atom. The van der Waals surface area contributed by atoms with Crippen LogP contribution in [0.3, 0.4) is 0 Å². The quantitative estimate of drug-likeness (QED) is 0.720. The molecule has 0 unspecified atom stereocenters. The van der Waals surface area contributed by atoms with Crippen molar-refractivity contribution in [2.75, 3.05) is 18.1 Å². The summed E-state index contributed by atoms with van der Waals surface area (Å²) in [4.78, 5) is 0. The summed E-state index contributed by atoms with van der Waals surface area (Å²) < 4.78 is 22.3. The largest absolute Gasteiger partial charge is 0.396 e. The van der Waals surface area contributed by atoms with Gasteiger partial charge in [-0.1, -0.05) is 12.2 Å². The van der Waals surface area contributed by atoms with Crippen molar-refractivity contribution < 1.29 is 13.5 Å². The zero-order valence-corrected chi connectivity index (χ0v) is 9.22. The van der Waals surface area contributed by atoms with Crippen LogP contribution >= 0.6 is 0 Å². The molecule has 1 aliphatic heterocycles. The Bertz CT molecular complexity index is 278. The molecule has 3 nitrogen and oxygen atoms in total. The lowest BCUT2D eigenvalue weighted by Crippen LogP contribution is -2.23. The predicted octanol–water partition coefficient (Wildman–Crippen LogP) is 1.14. The monoisotopic (exact) mass is 218 g/mol. The highest BCUT2D eigenvalue weighted by Gasteiger charge is 2.23. The molecular weight excluding hydrogens is 200 g/mol. The van der Waals surface area contributed by atoms with Gasteiger partial charge < -0.3 is 5.11 Å². The van der Waals surface area contributed by atoms with Gasteiger partial charge in [0.25, 0.3) is 0 Å². The summed E-state index contributed by atoms with van der Waals surface area (Å²) in [6, 6.07) is 0. The number of aliphatic hydroxyl groups is 1. The lowest BCUT2D eigenvalue weighted by atomic mass is 9.93. The minimum atomic E-state index is -2.74. The molecule has 1 saturated heterocycles. The summed E-state index contributed by atoms with van der Waals surface area (Å²) in [5.74, 6) is 1.10. The van der Waals surface area contributed by atoms with Crippen LogP contribution in [-0.2, 0) is 9.84 Å². The van der Waals surface area contributed by atoms with Gasteiger partial charge in [-0.05, 0) is 31.6 Å². The van der Waals surface area contributed by atoms with Crippen LogP contribution < -0.4 is 0 Å². The van der Waals surface area contributed by atoms with E-state index in [0.717, 1.165) is 24.8 Å². The molecule has 0 aromatic carbocycles. The first-order valence-corrected chi connectivity index (χ1v) is 6.83. The molecule has 1 rings (SSSR count). The van der Waals surface area contributed by atoms with Gasteiger partial charge in [-0.25, -0.2) is 8.42 Å². The molecule has 0 aliphatic carbocycles. The van der Waals surface area contributed by atoms with Gasteiger partial charge in [-0.15, -0.1) is 0 Å². The zero-order valence-electron chi connectivity index (χ0n) is 8.41. The highest BCUT2D eigenvalue weighted by Crippen LogP contribution is 2.25. The van der Waals surface area contributed by atoms with Gasteiger partial charge in [0, 0.05) is 6.61 Å². The van der Waals surface area contributed by atoms with Crippen LogP contribution in [0.25, 0.3) is 0 Å². The normalized spacial score (nSPS) is 22.1. The number of rotatable bonds is 4. The Morgan fingerprint density at radius 3 is 2.43 bits per heavy atom. The van der Waals surface area contributed by atoms with Crippen molar-refractivity contribution in [2.24, 2.45) is 5.92 Å². The maximum atomic E-state index is 11.1.